The number of aromatic nitrogens is 3. The molecule has 2 atom stereocenters. The van der Waals surface area contributed by atoms with Crippen molar-refractivity contribution in [3.05, 3.63) is 27.8 Å². The first-order valence-corrected chi connectivity index (χ1v) is 7.21. The average molecular weight is 280 g/mol. The van der Waals surface area contributed by atoms with Crippen LogP contribution in [0.4, 0.5) is 0 Å². The molecular weight excluding hydrogens is 264 g/mol. The van der Waals surface area contributed by atoms with Crippen LogP contribution >= 0.6 is 11.3 Å². The minimum Gasteiger partial charge on any atom is -0.364 e. The van der Waals surface area contributed by atoms with Crippen LogP contribution in [-0.2, 0) is 11.2 Å². The van der Waals surface area contributed by atoms with Gasteiger partial charge in [-0.1, -0.05) is 5.16 Å². The molecule has 0 aromatic carbocycles. The van der Waals surface area contributed by atoms with Gasteiger partial charge in [-0.25, -0.2) is 4.98 Å². The molecule has 19 heavy (non-hydrogen) atoms. The lowest BCUT2D eigenvalue weighted by Gasteiger charge is -2.07. The Morgan fingerprint density at radius 3 is 3.00 bits per heavy atom. The molecule has 3 rings (SSSR count). The van der Waals surface area contributed by atoms with E-state index in [-0.39, 0.29) is 12.2 Å². The number of ether oxygens (including phenoxy) is 1. The Balaban J connectivity index is 1.66. The van der Waals surface area contributed by atoms with Gasteiger partial charge < -0.3 is 15.0 Å². The van der Waals surface area contributed by atoms with Crippen LogP contribution in [0, 0.1) is 6.92 Å². The van der Waals surface area contributed by atoms with E-state index < -0.39 is 0 Å². The smallest absolute Gasteiger partial charge is 0.255 e. The monoisotopic (exact) mass is 280 g/mol. The molecule has 1 aliphatic heterocycles. The van der Waals surface area contributed by atoms with Gasteiger partial charge in [0.25, 0.3) is 5.89 Å². The second kappa shape index (κ2) is 5.36. The van der Waals surface area contributed by atoms with Crippen LogP contribution in [0.5, 0.6) is 0 Å². The maximum absolute atomic E-state index is 5.73. The first kappa shape index (κ1) is 12.7. The topological polar surface area (TPSA) is 87.1 Å². The molecule has 0 bridgehead atoms. The third-order valence-electron chi connectivity index (χ3n) is 3.14. The maximum Gasteiger partial charge on any atom is 0.255 e. The van der Waals surface area contributed by atoms with E-state index >= 15 is 0 Å². The zero-order valence-electron chi connectivity index (χ0n) is 10.7. The first-order valence-electron chi connectivity index (χ1n) is 6.33. The van der Waals surface area contributed by atoms with E-state index in [0.29, 0.717) is 24.7 Å². The van der Waals surface area contributed by atoms with Crippen LogP contribution in [0.2, 0.25) is 0 Å². The van der Waals surface area contributed by atoms with Crippen LogP contribution in [0.3, 0.4) is 0 Å². The third kappa shape index (κ3) is 2.83. The highest BCUT2D eigenvalue weighted by Gasteiger charge is 2.29. The fourth-order valence-corrected chi connectivity index (χ4v) is 2.79. The Morgan fingerprint density at radius 2 is 2.32 bits per heavy atom. The summed E-state index contributed by atoms with van der Waals surface area (Å²) in [6.45, 7) is 2.52. The number of rotatable bonds is 4. The summed E-state index contributed by atoms with van der Waals surface area (Å²) >= 11 is 1.62. The maximum atomic E-state index is 5.73. The third-order valence-corrected chi connectivity index (χ3v) is 3.96. The largest absolute Gasteiger partial charge is 0.364 e. The molecule has 2 N–H and O–H groups in total. The molecule has 1 aliphatic rings. The molecular formula is C12H16N4O2S. The molecule has 7 heteroatoms. The van der Waals surface area contributed by atoms with Crippen molar-refractivity contribution in [2.45, 2.75) is 38.4 Å². The Labute approximate surface area is 115 Å². The average Bonchev–Trinajstić information content (AvgIpc) is 3.10. The molecule has 0 aliphatic carbocycles. The van der Waals surface area contributed by atoms with Gasteiger partial charge in [-0.2, -0.15) is 4.98 Å². The van der Waals surface area contributed by atoms with E-state index in [1.54, 1.807) is 11.3 Å². The van der Waals surface area contributed by atoms with Crippen LogP contribution in [0.15, 0.2) is 9.90 Å². The number of nitrogens with zero attached hydrogens (tertiary/aromatic N) is 3. The molecule has 0 amide bonds. The molecule has 0 spiro atoms. The molecule has 2 aromatic heterocycles. The molecule has 6 nitrogen and oxygen atoms in total. The van der Waals surface area contributed by atoms with Crippen LogP contribution in [0.1, 0.15) is 41.4 Å². The summed E-state index contributed by atoms with van der Waals surface area (Å²) in [6, 6.07) is 0. The van der Waals surface area contributed by atoms with Gasteiger partial charge in [0.2, 0.25) is 0 Å². The fourth-order valence-electron chi connectivity index (χ4n) is 2.18. The molecule has 2 aromatic rings. The van der Waals surface area contributed by atoms with E-state index in [9.17, 15) is 0 Å². The van der Waals surface area contributed by atoms with Gasteiger partial charge in [0.05, 0.1) is 23.2 Å². The lowest BCUT2D eigenvalue weighted by Crippen LogP contribution is -2.18. The summed E-state index contributed by atoms with van der Waals surface area (Å²) in [4.78, 5) is 8.77. The summed E-state index contributed by atoms with van der Waals surface area (Å²) in [5, 5.41) is 7.04. The quantitative estimate of drug-likeness (QED) is 0.915. The van der Waals surface area contributed by atoms with Gasteiger partial charge in [-0.15, -0.1) is 11.3 Å². The molecule has 102 valence electrons. The van der Waals surface area contributed by atoms with Crippen molar-refractivity contribution in [1.29, 1.82) is 0 Å². The summed E-state index contributed by atoms with van der Waals surface area (Å²) in [7, 11) is 0. The fraction of sp³-hybridized carbons (Fsp3) is 0.583. The van der Waals surface area contributed by atoms with Crippen LogP contribution < -0.4 is 5.73 Å². The Kier molecular flexibility index (Phi) is 3.58. The van der Waals surface area contributed by atoms with Gasteiger partial charge in [-0.3, -0.25) is 0 Å². The normalized spacial score (nSPS) is 23.1. The highest BCUT2D eigenvalue weighted by molar-refractivity contribution is 7.09. The van der Waals surface area contributed by atoms with E-state index in [1.807, 2.05) is 12.3 Å². The summed E-state index contributed by atoms with van der Waals surface area (Å²) < 4.78 is 11.0. The minimum absolute atomic E-state index is 0.105. The second-order valence-corrected chi connectivity index (χ2v) is 5.71. The lowest BCUT2D eigenvalue weighted by atomic mass is 10.2. The van der Waals surface area contributed by atoms with Crippen molar-refractivity contribution in [3.8, 4) is 0 Å². The molecule has 0 radical (unpaired) electrons. The van der Waals surface area contributed by atoms with Gasteiger partial charge in [-0.05, 0) is 19.8 Å². The lowest BCUT2D eigenvalue weighted by molar-refractivity contribution is 0.0307. The molecule has 1 fully saturated rings. The van der Waals surface area contributed by atoms with Crippen LogP contribution in [-0.4, -0.2) is 27.8 Å². The van der Waals surface area contributed by atoms with Crippen molar-refractivity contribution in [3.63, 3.8) is 0 Å². The molecule has 1 saturated heterocycles. The number of thiazole rings is 1. The summed E-state index contributed by atoms with van der Waals surface area (Å²) in [5.74, 6) is 1.21. The number of aryl methyl sites for hydroxylation is 1. The van der Waals surface area contributed by atoms with Gasteiger partial charge >= 0.3 is 0 Å². The Morgan fingerprint density at radius 1 is 1.42 bits per heavy atom. The summed E-state index contributed by atoms with van der Waals surface area (Å²) in [5.41, 5.74) is 6.56. The standard InChI is InChI=1S/C12H16N4O2S/c1-7-14-8(6-19-7)4-11-15-12(18-16-11)10-3-2-9(5-13)17-10/h6,9-10H,2-5,13H2,1H3. The van der Waals surface area contributed by atoms with Crippen molar-refractivity contribution < 1.29 is 9.26 Å². The first-order chi connectivity index (χ1) is 9.24. The second-order valence-electron chi connectivity index (χ2n) is 4.64. The van der Waals surface area contributed by atoms with Crippen molar-refractivity contribution in [1.82, 2.24) is 15.1 Å². The predicted molar refractivity (Wildman–Crippen MR) is 69.9 cm³/mol. The number of nitrogens with two attached hydrogens (primary N) is 1. The minimum atomic E-state index is -0.105. The SMILES string of the molecule is Cc1nc(Cc2noc(C3CCC(CN)O3)n2)cs1. The summed E-state index contributed by atoms with van der Waals surface area (Å²) in [6.07, 6.45) is 2.44. The number of hydrogen-bond acceptors (Lipinski definition) is 7. The van der Waals surface area contributed by atoms with Crippen molar-refractivity contribution in [2.24, 2.45) is 5.73 Å². The molecule has 2 unspecified atom stereocenters. The van der Waals surface area contributed by atoms with E-state index in [4.69, 9.17) is 15.0 Å². The van der Waals surface area contributed by atoms with Gasteiger partial charge in [0, 0.05) is 11.9 Å². The molecule has 3 heterocycles. The highest BCUT2D eigenvalue weighted by Crippen LogP contribution is 2.31. The zero-order chi connectivity index (χ0) is 13.2. The van der Waals surface area contributed by atoms with Crippen molar-refractivity contribution in [2.75, 3.05) is 6.54 Å². The predicted octanol–water partition coefficient (Wildman–Crippen LogP) is 1.60. The van der Waals surface area contributed by atoms with Gasteiger partial charge in [0.15, 0.2) is 5.82 Å². The zero-order valence-corrected chi connectivity index (χ0v) is 11.5. The van der Waals surface area contributed by atoms with E-state index in [2.05, 4.69) is 15.1 Å². The molecule has 0 saturated carbocycles. The Bertz CT molecular complexity index is 553. The van der Waals surface area contributed by atoms with Crippen LogP contribution in [0.25, 0.3) is 0 Å². The van der Waals surface area contributed by atoms with Crippen molar-refractivity contribution >= 4 is 11.3 Å². The van der Waals surface area contributed by atoms with E-state index in [1.165, 1.54) is 0 Å². The Hall–Kier alpha value is -1.31. The number of hydrogen-bond donors (Lipinski definition) is 1. The van der Waals surface area contributed by atoms with Gasteiger partial charge in [0.1, 0.15) is 6.10 Å². The highest BCUT2D eigenvalue weighted by atomic mass is 32.1. The van der Waals surface area contributed by atoms with E-state index in [0.717, 1.165) is 23.5 Å².